The van der Waals surface area contributed by atoms with Crippen LogP contribution in [0.4, 0.5) is 0 Å². The monoisotopic (exact) mass is 692 g/mol. The highest BCUT2D eigenvalue weighted by Gasteiger charge is 2.41. The van der Waals surface area contributed by atoms with Gasteiger partial charge in [-0.2, -0.15) is 0 Å². The molecule has 6 amide bonds. The van der Waals surface area contributed by atoms with Gasteiger partial charge in [-0.05, 0) is 68.6 Å². The number of ether oxygens (including phenoxy) is 1. The molecular weight excluding hydrogens is 632 g/mol. The molecule has 0 aliphatic carbocycles. The molecule has 49 heavy (non-hydrogen) atoms. The van der Waals surface area contributed by atoms with Crippen LogP contribution >= 0.6 is 0 Å². The van der Waals surface area contributed by atoms with E-state index in [4.69, 9.17) is 4.74 Å². The Hall–Kier alpha value is -3.71. The molecule has 2 rings (SSSR count). The molecule has 2 fully saturated rings. The number of nitrogens with one attached hydrogen (secondary N) is 5. The summed E-state index contributed by atoms with van der Waals surface area (Å²) in [5.41, 5.74) is 0. The second-order valence-electron chi connectivity index (χ2n) is 15.1. The smallest absolute Gasteiger partial charge is 0.305 e. The highest BCUT2D eigenvalue weighted by atomic mass is 16.5. The van der Waals surface area contributed by atoms with E-state index < -0.39 is 77.7 Å². The van der Waals surface area contributed by atoms with Crippen LogP contribution in [-0.2, 0) is 38.3 Å². The summed E-state index contributed by atoms with van der Waals surface area (Å²) in [6, 6.07) is -6.17. The molecule has 0 aromatic heterocycles. The predicted molar refractivity (Wildman–Crippen MR) is 183 cm³/mol. The van der Waals surface area contributed by atoms with Gasteiger partial charge in [-0.25, -0.2) is 0 Å². The Balaban J connectivity index is 2.64. The molecule has 278 valence electrons. The van der Waals surface area contributed by atoms with Crippen molar-refractivity contribution in [2.24, 2.45) is 23.7 Å². The average Bonchev–Trinajstić information content (AvgIpc) is 3.49. The van der Waals surface area contributed by atoms with Crippen LogP contribution in [0.1, 0.15) is 107 Å². The van der Waals surface area contributed by atoms with E-state index in [9.17, 15) is 33.6 Å². The van der Waals surface area contributed by atoms with Crippen molar-refractivity contribution in [2.45, 2.75) is 143 Å². The van der Waals surface area contributed by atoms with E-state index in [2.05, 4.69) is 26.6 Å². The Morgan fingerprint density at radius 2 is 0.980 bits per heavy atom. The average molecular weight is 693 g/mol. The molecule has 2 aliphatic rings. The molecule has 0 bridgehead atoms. The van der Waals surface area contributed by atoms with Crippen LogP contribution in [0, 0.1) is 23.7 Å². The third-order valence-electron chi connectivity index (χ3n) is 8.68. The Labute approximate surface area is 291 Å². The van der Waals surface area contributed by atoms with Gasteiger partial charge in [0.15, 0.2) is 0 Å². The molecule has 2 saturated heterocycles. The van der Waals surface area contributed by atoms with Crippen molar-refractivity contribution in [1.29, 1.82) is 0 Å². The third-order valence-corrected chi connectivity index (χ3v) is 8.68. The number of hydrogen-bond acceptors (Lipinski definition) is 8. The largest absolute Gasteiger partial charge is 0.469 e. The number of hydrogen-bond donors (Lipinski definition) is 5. The van der Waals surface area contributed by atoms with E-state index in [0.29, 0.717) is 19.3 Å². The SMILES string of the molecule is COC(=O)CC[C@H]1NC(=O)[C@H]2CCCN2C(=O)[C@H](CC(C)C)NC(=O)[C@H](CC(C)C)NC(=O)[C@@H](CC(C)C)NC(=O)[C@H](CC(C)C)NC1=O. The van der Waals surface area contributed by atoms with Crippen LogP contribution in [0.15, 0.2) is 0 Å². The summed E-state index contributed by atoms with van der Waals surface area (Å²) >= 11 is 0. The maximum absolute atomic E-state index is 14.1. The lowest BCUT2D eigenvalue weighted by molar-refractivity contribution is -0.143. The van der Waals surface area contributed by atoms with Crippen molar-refractivity contribution in [3.63, 3.8) is 0 Å². The summed E-state index contributed by atoms with van der Waals surface area (Å²) in [6.07, 6.45) is 1.66. The number of fused-ring (bicyclic) bond motifs is 1. The highest BCUT2D eigenvalue weighted by Crippen LogP contribution is 2.22. The van der Waals surface area contributed by atoms with Gasteiger partial charge < -0.3 is 36.2 Å². The number of amides is 6. The molecule has 0 saturated carbocycles. The van der Waals surface area contributed by atoms with E-state index in [1.54, 1.807) is 0 Å². The molecule has 6 atom stereocenters. The van der Waals surface area contributed by atoms with Crippen LogP contribution in [0.2, 0.25) is 0 Å². The molecular formula is C35H60N6O8. The first-order chi connectivity index (χ1) is 22.9. The summed E-state index contributed by atoms with van der Waals surface area (Å²) in [6.45, 7) is 15.5. The lowest BCUT2D eigenvalue weighted by Gasteiger charge is -2.32. The standard InChI is InChI=1S/C35H60N6O8/c1-19(2)15-24-31(44)38-25(16-20(3)4)32(45)39-26(17-21(5)6)33(46)40-27(18-22(7)8)35(48)41-14-10-11-28(41)34(47)36-23(30(43)37-24)12-13-29(42)49-9/h19-28H,10-18H2,1-9H3,(H,36,47)(H,37,43)(H,38,44)(H,39,45)(H,40,46)/t23-,24+,25-,26+,27+,28-/m1/s1. The Morgan fingerprint density at radius 1 is 0.612 bits per heavy atom. The molecule has 0 radical (unpaired) electrons. The van der Waals surface area contributed by atoms with Crippen molar-refractivity contribution < 1.29 is 38.3 Å². The minimum atomic E-state index is -1.22. The van der Waals surface area contributed by atoms with Gasteiger partial charge in [0.05, 0.1) is 7.11 Å². The fourth-order valence-corrected chi connectivity index (χ4v) is 6.30. The number of carbonyl (C=O) groups excluding carboxylic acids is 7. The highest BCUT2D eigenvalue weighted by molar-refractivity contribution is 5.98. The van der Waals surface area contributed by atoms with Crippen molar-refractivity contribution >= 4 is 41.4 Å². The second-order valence-corrected chi connectivity index (χ2v) is 15.1. The summed E-state index contributed by atoms with van der Waals surface area (Å²) in [7, 11) is 1.22. The lowest BCUT2D eigenvalue weighted by atomic mass is 9.97. The van der Waals surface area contributed by atoms with Crippen molar-refractivity contribution in [3.8, 4) is 0 Å². The molecule has 5 N–H and O–H groups in total. The first-order valence-electron chi connectivity index (χ1n) is 17.8. The Kier molecular flexibility index (Phi) is 16.5. The van der Waals surface area contributed by atoms with Gasteiger partial charge in [0.25, 0.3) is 0 Å². The number of rotatable bonds is 11. The molecule has 0 unspecified atom stereocenters. The van der Waals surface area contributed by atoms with Gasteiger partial charge >= 0.3 is 5.97 Å². The third kappa shape index (κ3) is 13.3. The zero-order valence-corrected chi connectivity index (χ0v) is 30.9. The van der Waals surface area contributed by atoms with Crippen molar-refractivity contribution in [3.05, 3.63) is 0 Å². The van der Waals surface area contributed by atoms with Crippen molar-refractivity contribution in [2.75, 3.05) is 13.7 Å². The zero-order chi connectivity index (χ0) is 37.0. The fraction of sp³-hybridized carbons (Fsp3) is 0.800. The molecule has 0 spiro atoms. The maximum atomic E-state index is 14.1. The van der Waals surface area contributed by atoms with E-state index in [1.165, 1.54) is 12.0 Å². The minimum Gasteiger partial charge on any atom is -0.469 e. The van der Waals surface area contributed by atoms with E-state index in [-0.39, 0.29) is 62.3 Å². The van der Waals surface area contributed by atoms with Crippen molar-refractivity contribution in [1.82, 2.24) is 31.5 Å². The summed E-state index contributed by atoms with van der Waals surface area (Å²) in [4.78, 5) is 96.5. The first kappa shape index (κ1) is 41.5. The van der Waals surface area contributed by atoms with E-state index >= 15 is 0 Å². The first-order valence-corrected chi connectivity index (χ1v) is 17.8. The number of carbonyl (C=O) groups is 7. The number of nitrogens with zero attached hydrogens (tertiary/aromatic N) is 1. The zero-order valence-electron chi connectivity index (χ0n) is 30.9. The minimum absolute atomic E-state index is 0.00993. The lowest BCUT2D eigenvalue weighted by Crippen LogP contribution is -2.61. The molecule has 2 aliphatic heterocycles. The van der Waals surface area contributed by atoms with Crippen LogP contribution < -0.4 is 26.6 Å². The fourth-order valence-electron chi connectivity index (χ4n) is 6.30. The van der Waals surface area contributed by atoms with Gasteiger partial charge in [-0.1, -0.05) is 55.4 Å². The molecule has 0 aromatic rings. The van der Waals surface area contributed by atoms with E-state index in [0.717, 1.165) is 0 Å². The second kappa shape index (κ2) is 19.5. The topological polar surface area (TPSA) is 192 Å². The molecule has 0 aromatic carbocycles. The summed E-state index contributed by atoms with van der Waals surface area (Å²) < 4.78 is 4.75. The Bertz CT molecular complexity index is 1190. The van der Waals surface area contributed by atoms with Crippen LogP contribution in [0.3, 0.4) is 0 Å². The molecule has 2 heterocycles. The van der Waals surface area contributed by atoms with Gasteiger partial charge in [-0.15, -0.1) is 0 Å². The normalized spacial score (nSPS) is 26.5. The summed E-state index contributed by atoms with van der Waals surface area (Å²) in [5, 5.41) is 14.0. The van der Waals surface area contributed by atoms with Gasteiger partial charge in [0.2, 0.25) is 35.4 Å². The quantitative estimate of drug-likeness (QED) is 0.202. The predicted octanol–water partition coefficient (Wildman–Crippen LogP) is 1.55. The van der Waals surface area contributed by atoms with Gasteiger partial charge in [0.1, 0.15) is 36.3 Å². The van der Waals surface area contributed by atoms with Gasteiger partial charge in [-0.3, -0.25) is 33.6 Å². The van der Waals surface area contributed by atoms with Crippen LogP contribution in [0.5, 0.6) is 0 Å². The van der Waals surface area contributed by atoms with Gasteiger partial charge in [0, 0.05) is 13.0 Å². The number of methoxy groups -OCH3 is 1. The van der Waals surface area contributed by atoms with Crippen LogP contribution in [-0.4, -0.2) is 96.2 Å². The van der Waals surface area contributed by atoms with Crippen LogP contribution in [0.25, 0.3) is 0 Å². The molecule has 14 heteroatoms. The maximum Gasteiger partial charge on any atom is 0.305 e. The summed E-state index contributed by atoms with van der Waals surface area (Å²) in [5.74, 6) is -3.94. The Morgan fingerprint density at radius 3 is 1.39 bits per heavy atom. The van der Waals surface area contributed by atoms with E-state index in [1.807, 2.05) is 55.4 Å². The molecule has 14 nitrogen and oxygen atoms in total. The number of esters is 1.